The van der Waals surface area contributed by atoms with Crippen LogP contribution in [0.3, 0.4) is 0 Å². The van der Waals surface area contributed by atoms with E-state index in [1.807, 2.05) is 4.90 Å². The maximum Gasteiger partial charge on any atom is 0.268 e. The van der Waals surface area contributed by atoms with E-state index in [-0.39, 0.29) is 28.1 Å². The highest BCUT2D eigenvalue weighted by molar-refractivity contribution is 7.90. The number of hydrogen-bond acceptors (Lipinski definition) is 4. The number of nitrogens with zero attached hydrogens (tertiary/aromatic N) is 3. The molecule has 1 saturated heterocycles. The van der Waals surface area contributed by atoms with Crippen LogP contribution in [0.2, 0.25) is 0 Å². The van der Waals surface area contributed by atoms with Crippen molar-refractivity contribution in [2.75, 3.05) is 25.5 Å². The first-order chi connectivity index (χ1) is 15.2. The molecular weight excluding hydrogens is 429 g/mol. The van der Waals surface area contributed by atoms with Gasteiger partial charge in [0.05, 0.1) is 10.6 Å². The lowest BCUT2D eigenvalue weighted by molar-refractivity contribution is -0.129. The maximum atomic E-state index is 14.4. The summed E-state index contributed by atoms with van der Waals surface area (Å²) in [5.41, 5.74) is 1.51. The zero-order valence-corrected chi connectivity index (χ0v) is 18.8. The van der Waals surface area contributed by atoms with Crippen molar-refractivity contribution in [2.24, 2.45) is 0 Å². The van der Waals surface area contributed by atoms with Crippen molar-refractivity contribution in [3.05, 3.63) is 79.1 Å². The van der Waals surface area contributed by atoms with Gasteiger partial charge in [0.2, 0.25) is 5.91 Å². The van der Waals surface area contributed by atoms with Crippen molar-refractivity contribution in [1.29, 1.82) is 0 Å². The van der Waals surface area contributed by atoms with Crippen LogP contribution in [0.1, 0.15) is 18.4 Å². The molecule has 1 atom stereocenters. The maximum absolute atomic E-state index is 14.4. The number of amides is 1. The summed E-state index contributed by atoms with van der Waals surface area (Å²) in [6.07, 6.45) is 2.95. The Balaban J connectivity index is 1.76. The molecule has 0 bridgehead atoms. The van der Waals surface area contributed by atoms with Crippen molar-refractivity contribution in [3.63, 3.8) is 0 Å². The molecule has 2 heterocycles. The summed E-state index contributed by atoms with van der Waals surface area (Å²) in [7, 11) is -0.603. The number of hydrogen-bond donors (Lipinski definition) is 0. The van der Waals surface area contributed by atoms with Gasteiger partial charge in [-0.3, -0.25) is 4.79 Å². The molecule has 1 amide bonds. The third-order valence-corrected chi connectivity index (χ3v) is 7.35. The van der Waals surface area contributed by atoms with Gasteiger partial charge in [0, 0.05) is 38.1 Å². The fourth-order valence-electron chi connectivity index (χ4n) is 4.13. The van der Waals surface area contributed by atoms with Gasteiger partial charge < -0.3 is 9.80 Å². The lowest BCUT2D eigenvalue weighted by Gasteiger charge is -2.28. The molecule has 6 nitrogen and oxygen atoms in total. The summed E-state index contributed by atoms with van der Waals surface area (Å²) >= 11 is 0. The minimum Gasteiger partial charge on any atom is -0.359 e. The van der Waals surface area contributed by atoms with Crippen LogP contribution in [-0.2, 0) is 14.8 Å². The van der Waals surface area contributed by atoms with Crippen LogP contribution in [0.4, 0.5) is 10.1 Å². The molecular formula is C24H25FN3O3S. The fourth-order valence-corrected chi connectivity index (χ4v) is 5.56. The summed E-state index contributed by atoms with van der Waals surface area (Å²) in [5, 5.41) is 0. The van der Waals surface area contributed by atoms with Crippen LogP contribution in [0, 0.1) is 12.7 Å². The smallest absolute Gasteiger partial charge is 0.268 e. The Kier molecular flexibility index (Phi) is 5.81. The molecule has 3 aromatic rings. The Morgan fingerprint density at radius 1 is 1.12 bits per heavy atom. The molecule has 1 radical (unpaired) electrons. The monoisotopic (exact) mass is 454 g/mol. The Labute approximate surface area is 187 Å². The predicted molar refractivity (Wildman–Crippen MR) is 122 cm³/mol. The SMILES string of the molecule is [CH2]c1cc(-c2ccccc2F)n(S(=O)(=O)c2cccc(N3CCC[C@H]3C(=O)N(C)C)c2)c1. The predicted octanol–water partition coefficient (Wildman–Crippen LogP) is 3.77. The quantitative estimate of drug-likeness (QED) is 0.589. The minimum absolute atomic E-state index is 0.00953. The van der Waals surface area contributed by atoms with Gasteiger partial charge in [0.1, 0.15) is 11.9 Å². The summed E-state index contributed by atoms with van der Waals surface area (Å²) in [6.45, 7) is 4.50. The lowest BCUT2D eigenvalue weighted by Crippen LogP contribution is -2.42. The van der Waals surface area contributed by atoms with Crippen LogP contribution < -0.4 is 4.90 Å². The highest BCUT2D eigenvalue weighted by atomic mass is 32.2. The molecule has 1 aromatic heterocycles. The van der Waals surface area contributed by atoms with Crippen LogP contribution in [-0.4, -0.2) is 49.9 Å². The standard InChI is InChI=1S/C24H25FN3O3S/c1-17-14-23(20-10-4-5-11-21(20)25)28(16-17)32(30,31)19-9-6-8-18(15-19)27-13-7-12-22(27)24(29)26(2)3/h4-6,8-11,14-16,22H,1,7,12-13H2,2-3H3/t22-/m0/s1. The highest BCUT2D eigenvalue weighted by Gasteiger charge is 2.32. The minimum atomic E-state index is -4.03. The van der Waals surface area contributed by atoms with E-state index in [0.29, 0.717) is 24.2 Å². The van der Waals surface area contributed by atoms with Crippen molar-refractivity contribution in [3.8, 4) is 11.3 Å². The Bertz CT molecular complexity index is 1270. The third-order valence-electron chi connectivity index (χ3n) is 5.68. The second-order valence-corrected chi connectivity index (χ2v) is 9.91. The number of carbonyl (C=O) groups excluding carboxylic acids is 1. The number of carbonyl (C=O) groups is 1. The van der Waals surface area contributed by atoms with Gasteiger partial charge >= 0.3 is 0 Å². The molecule has 8 heteroatoms. The van der Waals surface area contributed by atoms with Gasteiger partial charge in [0.25, 0.3) is 10.0 Å². The zero-order valence-electron chi connectivity index (χ0n) is 18.0. The molecule has 1 aliphatic rings. The molecule has 0 saturated carbocycles. The topological polar surface area (TPSA) is 62.6 Å². The van der Waals surface area contributed by atoms with E-state index >= 15 is 0 Å². The van der Waals surface area contributed by atoms with E-state index in [0.717, 1.165) is 10.4 Å². The zero-order chi connectivity index (χ0) is 23.0. The second-order valence-electron chi connectivity index (χ2n) is 8.10. The molecule has 0 spiro atoms. The molecule has 32 heavy (non-hydrogen) atoms. The van der Waals surface area contributed by atoms with Gasteiger partial charge in [-0.15, -0.1) is 0 Å². The molecule has 1 fully saturated rings. The fraction of sp³-hybridized carbons (Fsp3) is 0.250. The largest absolute Gasteiger partial charge is 0.359 e. The third kappa shape index (κ3) is 3.90. The van der Waals surface area contributed by atoms with E-state index < -0.39 is 15.8 Å². The average Bonchev–Trinajstić information content (AvgIpc) is 3.41. The number of benzene rings is 2. The van der Waals surface area contributed by atoms with E-state index in [9.17, 15) is 17.6 Å². The first-order valence-corrected chi connectivity index (χ1v) is 11.8. The van der Waals surface area contributed by atoms with Crippen LogP contribution in [0.25, 0.3) is 11.3 Å². The summed E-state index contributed by atoms with van der Waals surface area (Å²) in [5.74, 6) is -0.525. The first-order valence-electron chi connectivity index (χ1n) is 10.3. The van der Waals surface area contributed by atoms with E-state index in [1.165, 1.54) is 24.4 Å². The second kappa shape index (κ2) is 8.43. The van der Waals surface area contributed by atoms with Crippen LogP contribution in [0.15, 0.2) is 65.7 Å². The number of likely N-dealkylation sites (N-methyl/N-ethyl adjacent to an activating group) is 1. The van der Waals surface area contributed by atoms with Gasteiger partial charge in [-0.1, -0.05) is 18.2 Å². The van der Waals surface area contributed by atoms with Gasteiger partial charge in [-0.2, -0.15) is 0 Å². The summed E-state index contributed by atoms with van der Waals surface area (Å²) < 4.78 is 42.6. The van der Waals surface area contributed by atoms with Crippen LogP contribution in [0.5, 0.6) is 0 Å². The summed E-state index contributed by atoms with van der Waals surface area (Å²) in [4.78, 5) is 16.2. The average molecular weight is 455 g/mol. The Morgan fingerprint density at radius 3 is 2.59 bits per heavy atom. The normalized spacial score (nSPS) is 16.4. The van der Waals surface area contributed by atoms with Gasteiger partial charge in [-0.05, 0) is 61.7 Å². The molecule has 167 valence electrons. The number of halogens is 1. The first kappa shape index (κ1) is 22.1. The van der Waals surface area contributed by atoms with Crippen molar-refractivity contribution in [2.45, 2.75) is 23.8 Å². The number of anilines is 1. The lowest BCUT2D eigenvalue weighted by atomic mass is 10.1. The van der Waals surface area contributed by atoms with Gasteiger partial charge in [-0.25, -0.2) is 16.8 Å². The molecule has 0 aliphatic carbocycles. The van der Waals surface area contributed by atoms with Crippen molar-refractivity contribution >= 4 is 21.6 Å². The molecule has 1 aliphatic heterocycles. The van der Waals surface area contributed by atoms with Crippen molar-refractivity contribution in [1.82, 2.24) is 8.87 Å². The van der Waals surface area contributed by atoms with E-state index in [2.05, 4.69) is 6.92 Å². The molecule has 4 rings (SSSR count). The Hall–Kier alpha value is -3.13. The molecule has 0 N–H and O–H groups in total. The van der Waals surface area contributed by atoms with E-state index in [1.54, 1.807) is 55.4 Å². The number of aromatic nitrogens is 1. The van der Waals surface area contributed by atoms with Crippen molar-refractivity contribution < 1.29 is 17.6 Å². The highest BCUT2D eigenvalue weighted by Crippen LogP contribution is 2.32. The van der Waals surface area contributed by atoms with E-state index in [4.69, 9.17) is 0 Å². The number of rotatable bonds is 5. The molecule has 2 aromatic carbocycles. The van der Waals surface area contributed by atoms with Crippen LogP contribution >= 0.6 is 0 Å². The summed E-state index contributed by atoms with van der Waals surface area (Å²) in [6, 6.07) is 13.8. The van der Waals surface area contributed by atoms with Gasteiger partial charge in [0.15, 0.2) is 0 Å². The molecule has 0 unspecified atom stereocenters. The Morgan fingerprint density at radius 2 is 1.88 bits per heavy atom.